The van der Waals surface area contributed by atoms with Gasteiger partial charge in [0.15, 0.2) is 11.6 Å². The Morgan fingerprint density at radius 1 is 0.970 bits per heavy atom. The first-order chi connectivity index (χ1) is 16.2. The maximum absolute atomic E-state index is 12.0. The van der Waals surface area contributed by atoms with E-state index in [4.69, 9.17) is 9.97 Å². The van der Waals surface area contributed by atoms with Crippen LogP contribution in [0.4, 0.5) is 17.6 Å². The number of benzene rings is 1. The highest BCUT2D eigenvalue weighted by Crippen LogP contribution is 2.30. The summed E-state index contributed by atoms with van der Waals surface area (Å²) in [5.74, 6) is 3.67. The molecule has 0 aliphatic carbocycles. The first-order valence-corrected chi connectivity index (χ1v) is 13.0. The minimum Gasteiger partial charge on any atom is -0.357 e. The van der Waals surface area contributed by atoms with Gasteiger partial charge < -0.3 is 20.0 Å². The van der Waals surface area contributed by atoms with E-state index in [1.54, 1.807) is 6.33 Å². The van der Waals surface area contributed by atoms with Crippen molar-refractivity contribution in [3.63, 3.8) is 0 Å². The van der Waals surface area contributed by atoms with E-state index in [2.05, 4.69) is 61.3 Å². The number of nitrogens with one attached hydrogen (secondary N) is 1. The number of anilines is 3. The van der Waals surface area contributed by atoms with Crippen LogP contribution in [0.3, 0.4) is 0 Å². The van der Waals surface area contributed by atoms with Crippen molar-refractivity contribution < 1.29 is 4.21 Å². The number of hydrogen-bond acceptors (Lipinski definition) is 9. The first-order valence-electron chi connectivity index (χ1n) is 11.5. The Kier molecular flexibility index (Phi) is 6.63. The standard InChI is InChI=1S/C23H30N8OS/c1-29(10-7-18-5-3-2-4-6-18)21-20-19(25-17-26-21)22(30-13-15-33(32)16-14-30)28-23(27-20)31-11-8-24-9-12-31/h2-6,17,24H,7-16H2,1H3. The predicted octanol–water partition coefficient (Wildman–Crippen LogP) is 1.08. The smallest absolute Gasteiger partial charge is 0.228 e. The molecular weight excluding hydrogens is 436 g/mol. The molecule has 2 aromatic heterocycles. The second kappa shape index (κ2) is 9.96. The fourth-order valence-corrected chi connectivity index (χ4v) is 5.36. The van der Waals surface area contributed by atoms with Crippen LogP contribution in [0.5, 0.6) is 0 Å². The van der Waals surface area contributed by atoms with Crippen molar-refractivity contribution >= 4 is 39.4 Å². The minimum absolute atomic E-state index is 0.656. The molecule has 0 unspecified atom stereocenters. The van der Waals surface area contributed by atoms with Crippen LogP contribution >= 0.6 is 0 Å². The molecular formula is C23H30N8OS. The Balaban J connectivity index is 1.52. The topological polar surface area (TPSA) is 90.4 Å². The molecule has 1 N–H and O–H groups in total. The maximum Gasteiger partial charge on any atom is 0.228 e. The molecule has 9 nitrogen and oxygen atoms in total. The summed E-state index contributed by atoms with van der Waals surface area (Å²) in [4.78, 5) is 25.8. The number of hydrogen-bond donors (Lipinski definition) is 1. The van der Waals surface area contributed by atoms with Crippen LogP contribution in [0.15, 0.2) is 36.7 Å². The average Bonchev–Trinajstić information content (AvgIpc) is 2.88. The highest BCUT2D eigenvalue weighted by atomic mass is 32.2. The van der Waals surface area contributed by atoms with Crippen LogP contribution in [0.1, 0.15) is 5.56 Å². The number of fused-ring (bicyclic) bond motifs is 1. The van der Waals surface area contributed by atoms with Crippen molar-refractivity contribution in [1.29, 1.82) is 0 Å². The molecule has 2 aliphatic rings. The van der Waals surface area contributed by atoms with E-state index in [1.165, 1.54) is 5.56 Å². The van der Waals surface area contributed by atoms with Gasteiger partial charge in [-0.3, -0.25) is 4.21 Å². The molecule has 2 saturated heterocycles. The van der Waals surface area contributed by atoms with E-state index in [-0.39, 0.29) is 0 Å². The number of likely N-dealkylation sites (N-methyl/N-ethyl adjacent to an activating group) is 1. The second-order valence-corrected chi connectivity index (χ2v) is 10.2. The molecule has 0 radical (unpaired) electrons. The van der Waals surface area contributed by atoms with Gasteiger partial charge >= 0.3 is 0 Å². The first kappa shape index (κ1) is 22.0. The normalized spacial score (nSPS) is 17.5. The third kappa shape index (κ3) is 4.91. The molecule has 10 heteroatoms. The van der Waals surface area contributed by atoms with E-state index in [1.807, 2.05) is 6.07 Å². The van der Waals surface area contributed by atoms with Gasteiger partial charge in [0, 0.05) is 75.2 Å². The summed E-state index contributed by atoms with van der Waals surface area (Å²) >= 11 is 0. The number of aromatic nitrogens is 4. The minimum atomic E-state index is -0.755. The summed E-state index contributed by atoms with van der Waals surface area (Å²) in [6, 6.07) is 10.5. The second-order valence-electron chi connectivity index (χ2n) is 8.47. The lowest BCUT2D eigenvalue weighted by molar-refractivity contribution is 0.580. The van der Waals surface area contributed by atoms with Crippen LogP contribution in [-0.2, 0) is 17.2 Å². The summed E-state index contributed by atoms with van der Waals surface area (Å²) in [6.45, 7) is 5.79. The summed E-state index contributed by atoms with van der Waals surface area (Å²) in [5.41, 5.74) is 2.83. The molecule has 0 saturated carbocycles. The van der Waals surface area contributed by atoms with Crippen molar-refractivity contribution in [2.24, 2.45) is 0 Å². The summed E-state index contributed by atoms with van der Waals surface area (Å²) in [6.07, 6.45) is 2.53. The SMILES string of the molecule is CN(CCc1ccccc1)c1ncnc2c(N3CCS(=O)CC3)nc(N3CCNCC3)nc12. The predicted molar refractivity (Wildman–Crippen MR) is 134 cm³/mol. The van der Waals surface area contributed by atoms with E-state index in [0.29, 0.717) is 24.6 Å². The van der Waals surface area contributed by atoms with Crippen molar-refractivity contribution in [1.82, 2.24) is 25.3 Å². The molecule has 0 bridgehead atoms. The van der Waals surface area contributed by atoms with Gasteiger partial charge in [-0.05, 0) is 12.0 Å². The summed E-state index contributed by atoms with van der Waals surface area (Å²) in [7, 11) is 1.30. The van der Waals surface area contributed by atoms with Gasteiger partial charge in [0.1, 0.15) is 17.4 Å². The zero-order valence-electron chi connectivity index (χ0n) is 19.0. The Morgan fingerprint density at radius 3 is 2.48 bits per heavy atom. The van der Waals surface area contributed by atoms with Crippen LogP contribution in [0.2, 0.25) is 0 Å². The van der Waals surface area contributed by atoms with Gasteiger partial charge in [0.05, 0.1) is 0 Å². The Morgan fingerprint density at radius 2 is 1.73 bits per heavy atom. The average molecular weight is 467 g/mol. The van der Waals surface area contributed by atoms with E-state index in [0.717, 1.165) is 67.8 Å². The Labute approximate surface area is 196 Å². The molecule has 4 heterocycles. The number of rotatable bonds is 6. The molecule has 3 aromatic rings. The number of piperazine rings is 1. The molecule has 0 spiro atoms. The third-order valence-corrected chi connectivity index (χ3v) is 7.53. The van der Waals surface area contributed by atoms with Gasteiger partial charge in [0.2, 0.25) is 5.95 Å². The molecule has 174 valence electrons. The molecule has 33 heavy (non-hydrogen) atoms. The lowest BCUT2D eigenvalue weighted by atomic mass is 10.1. The molecule has 5 rings (SSSR count). The highest BCUT2D eigenvalue weighted by Gasteiger charge is 2.25. The van der Waals surface area contributed by atoms with E-state index >= 15 is 0 Å². The van der Waals surface area contributed by atoms with Crippen molar-refractivity contribution in [2.45, 2.75) is 6.42 Å². The van der Waals surface area contributed by atoms with Gasteiger partial charge in [-0.15, -0.1) is 0 Å². The highest BCUT2D eigenvalue weighted by molar-refractivity contribution is 7.85. The molecule has 1 aromatic carbocycles. The molecule has 0 atom stereocenters. The van der Waals surface area contributed by atoms with Gasteiger partial charge in [-0.1, -0.05) is 30.3 Å². The fourth-order valence-electron chi connectivity index (χ4n) is 4.31. The van der Waals surface area contributed by atoms with Gasteiger partial charge in [-0.2, -0.15) is 4.98 Å². The van der Waals surface area contributed by atoms with Crippen LogP contribution in [0, 0.1) is 0 Å². The van der Waals surface area contributed by atoms with Gasteiger partial charge in [-0.25, -0.2) is 15.0 Å². The zero-order chi connectivity index (χ0) is 22.6. The van der Waals surface area contributed by atoms with Crippen LogP contribution in [-0.4, -0.2) is 88.5 Å². The van der Waals surface area contributed by atoms with Crippen molar-refractivity contribution in [2.75, 3.05) is 79.1 Å². The van der Waals surface area contributed by atoms with E-state index in [9.17, 15) is 4.21 Å². The maximum atomic E-state index is 12.0. The van der Waals surface area contributed by atoms with Crippen LogP contribution < -0.4 is 20.0 Å². The molecule has 2 aliphatic heterocycles. The molecule has 0 amide bonds. The lowest BCUT2D eigenvalue weighted by Crippen LogP contribution is -2.44. The fraction of sp³-hybridized carbons (Fsp3) is 0.478. The largest absolute Gasteiger partial charge is 0.357 e. The monoisotopic (exact) mass is 466 g/mol. The van der Waals surface area contributed by atoms with Gasteiger partial charge in [0.25, 0.3) is 0 Å². The van der Waals surface area contributed by atoms with Crippen molar-refractivity contribution in [3.05, 3.63) is 42.2 Å². The third-order valence-electron chi connectivity index (χ3n) is 6.25. The quantitative estimate of drug-likeness (QED) is 0.573. The number of nitrogens with zero attached hydrogens (tertiary/aromatic N) is 7. The Hall–Kier alpha value is -2.85. The molecule has 2 fully saturated rings. The van der Waals surface area contributed by atoms with E-state index < -0.39 is 10.8 Å². The zero-order valence-corrected chi connectivity index (χ0v) is 19.8. The summed E-state index contributed by atoms with van der Waals surface area (Å²) < 4.78 is 12.0. The Bertz CT molecular complexity index is 1110. The van der Waals surface area contributed by atoms with Crippen LogP contribution in [0.25, 0.3) is 11.0 Å². The van der Waals surface area contributed by atoms with Crippen molar-refractivity contribution in [3.8, 4) is 0 Å². The summed E-state index contributed by atoms with van der Waals surface area (Å²) in [5, 5.41) is 3.39. The lowest BCUT2D eigenvalue weighted by Gasteiger charge is -2.31.